The third kappa shape index (κ3) is 1.69. The van der Waals surface area contributed by atoms with E-state index in [0.717, 1.165) is 25.1 Å². The number of anilines is 1. The van der Waals surface area contributed by atoms with Crippen molar-refractivity contribution >= 4 is 16.5 Å². The van der Waals surface area contributed by atoms with E-state index < -0.39 is 0 Å². The van der Waals surface area contributed by atoms with Crippen molar-refractivity contribution in [1.29, 1.82) is 0 Å². The van der Waals surface area contributed by atoms with Crippen LogP contribution in [0.4, 0.5) is 5.13 Å². The summed E-state index contributed by atoms with van der Waals surface area (Å²) in [6.07, 6.45) is 2.49. The van der Waals surface area contributed by atoms with Crippen LogP contribution >= 0.6 is 11.3 Å². The summed E-state index contributed by atoms with van der Waals surface area (Å²) in [5.74, 6) is 0.471. The molecule has 4 heteroatoms. The van der Waals surface area contributed by atoms with Crippen LogP contribution < -0.4 is 5.73 Å². The fourth-order valence-electron chi connectivity index (χ4n) is 1.86. The molecule has 1 fully saturated rings. The van der Waals surface area contributed by atoms with E-state index in [1.165, 1.54) is 11.3 Å². The molecular formula is C9H14N2OS. The van der Waals surface area contributed by atoms with Crippen LogP contribution in [0.5, 0.6) is 0 Å². The highest BCUT2D eigenvalue weighted by molar-refractivity contribution is 7.13. The van der Waals surface area contributed by atoms with Crippen LogP contribution in [0.15, 0.2) is 5.38 Å². The number of rotatable bonds is 2. The van der Waals surface area contributed by atoms with Gasteiger partial charge < -0.3 is 10.5 Å². The summed E-state index contributed by atoms with van der Waals surface area (Å²) in [6.45, 7) is 3.01. The van der Waals surface area contributed by atoms with Crippen molar-refractivity contribution in [3.63, 3.8) is 0 Å². The molecule has 0 saturated carbocycles. The predicted molar refractivity (Wildman–Crippen MR) is 53.9 cm³/mol. The van der Waals surface area contributed by atoms with E-state index in [1.807, 2.05) is 0 Å². The second-order valence-corrected chi connectivity index (χ2v) is 4.21. The molecule has 0 spiro atoms. The summed E-state index contributed by atoms with van der Waals surface area (Å²) in [7, 11) is 0. The Bertz CT molecular complexity index is 287. The second kappa shape index (κ2) is 3.64. The van der Waals surface area contributed by atoms with Gasteiger partial charge in [-0.3, -0.25) is 0 Å². The van der Waals surface area contributed by atoms with Gasteiger partial charge in [0.25, 0.3) is 0 Å². The van der Waals surface area contributed by atoms with Crippen LogP contribution in [0.1, 0.15) is 31.4 Å². The number of ether oxygens (including phenoxy) is 1. The van der Waals surface area contributed by atoms with Crippen LogP contribution in [0, 0.1) is 0 Å². The fraction of sp³-hybridized carbons (Fsp3) is 0.667. The number of nitrogens with zero attached hydrogens (tertiary/aromatic N) is 1. The Balaban J connectivity index is 2.15. The van der Waals surface area contributed by atoms with Crippen molar-refractivity contribution in [3.05, 3.63) is 11.1 Å². The van der Waals surface area contributed by atoms with Gasteiger partial charge in [-0.1, -0.05) is 6.92 Å². The van der Waals surface area contributed by atoms with Gasteiger partial charge in [0.05, 0.1) is 11.8 Å². The first kappa shape index (κ1) is 8.97. The average molecular weight is 198 g/mol. The van der Waals surface area contributed by atoms with Gasteiger partial charge >= 0.3 is 0 Å². The Morgan fingerprint density at radius 1 is 1.77 bits per heavy atom. The molecule has 2 atom stereocenters. The lowest BCUT2D eigenvalue weighted by atomic mass is 9.97. The third-order valence-electron chi connectivity index (χ3n) is 2.53. The summed E-state index contributed by atoms with van der Waals surface area (Å²) in [6, 6.07) is 0. The van der Waals surface area contributed by atoms with Gasteiger partial charge in [0.1, 0.15) is 0 Å². The van der Waals surface area contributed by atoms with Crippen LogP contribution in [0.2, 0.25) is 0 Å². The monoisotopic (exact) mass is 198 g/mol. The molecule has 0 aromatic carbocycles. The topological polar surface area (TPSA) is 48.1 Å². The minimum absolute atomic E-state index is 0.349. The first-order valence-electron chi connectivity index (χ1n) is 4.63. The van der Waals surface area contributed by atoms with E-state index in [2.05, 4.69) is 17.3 Å². The number of hydrogen-bond donors (Lipinski definition) is 1. The summed E-state index contributed by atoms with van der Waals surface area (Å²) in [5.41, 5.74) is 6.72. The molecule has 1 aromatic heterocycles. The molecule has 2 rings (SSSR count). The molecule has 3 nitrogen and oxygen atoms in total. The fourth-order valence-corrected chi connectivity index (χ4v) is 2.49. The van der Waals surface area contributed by atoms with Crippen LogP contribution in [-0.4, -0.2) is 17.7 Å². The van der Waals surface area contributed by atoms with Crippen molar-refractivity contribution in [2.45, 2.75) is 31.8 Å². The normalized spacial score (nSPS) is 28.1. The molecular weight excluding hydrogens is 184 g/mol. The van der Waals surface area contributed by atoms with Crippen molar-refractivity contribution in [2.24, 2.45) is 0 Å². The Morgan fingerprint density at radius 2 is 2.62 bits per heavy atom. The van der Waals surface area contributed by atoms with Gasteiger partial charge in [-0.25, -0.2) is 4.98 Å². The minimum atomic E-state index is 0.349. The lowest BCUT2D eigenvalue weighted by molar-refractivity contribution is 0.100. The Kier molecular flexibility index (Phi) is 2.51. The van der Waals surface area contributed by atoms with E-state index in [1.54, 1.807) is 0 Å². The highest BCUT2D eigenvalue weighted by Crippen LogP contribution is 2.33. The van der Waals surface area contributed by atoms with Crippen LogP contribution in [-0.2, 0) is 4.74 Å². The lowest BCUT2D eigenvalue weighted by Crippen LogP contribution is -2.13. The largest absolute Gasteiger partial charge is 0.378 e. The quantitative estimate of drug-likeness (QED) is 0.790. The maximum Gasteiger partial charge on any atom is 0.180 e. The first-order chi connectivity index (χ1) is 6.31. The molecule has 1 aliphatic heterocycles. The summed E-state index contributed by atoms with van der Waals surface area (Å²) in [5, 5.41) is 2.72. The van der Waals surface area contributed by atoms with Crippen LogP contribution in [0.25, 0.3) is 0 Å². The lowest BCUT2D eigenvalue weighted by Gasteiger charge is -2.13. The Labute approximate surface area is 81.9 Å². The molecule has 0 bridgehead atoms. The summed E-state index contributed by atoms with van der Waals surface area (Å²) < 4.78 is 5.60. The molecule has 2 unspecified atom stereocenters. The van der Waals surface area contributed by atoms with Gasteiger partial charge in [0, 0.05) is 17.9 Å². The number of nitrogens with two attached hydrogens (primary N) is 1. The highest BCUT2D eigenvalue weighted by atomic mass is 32.1. The standard InChI is InChI=1S/C9H14N2OS/c1-2-8-6(3-4-12-8)7-5-13-9(10)11-7/h5-6,8H,2-4H2,1H3,(H2,10,11). The average Bonchev–Trinajstić information content (AvgIpc) is 2.71. The molecule has 13 heavy (non-hydrogen) atoms. The number of hydrogen-bond acceptors (Lipinski definition) is 4. The molecule has 2 N–H and O–H groups in total. The first-order valence-corrected chi connectivity index (χ1v) is 5.51. The summed E-state index contributed by atoms with van der Waals surface area (Å²) >= 11 is 1.51. The van der Waals surface area contributed by atoms with Crippen molar-refractivity contribution in [1.82, 2.24) is 4.98 Å². The maximum atomic E-state index is 5.60. The molecule has 1 aromatic rings. The van der Waals surface area contributed by atoms with Crippen molar-refractivity contribution in [3.8, 4) is 0 Å². The number of thiazole rings is 1. The molecule has 0 amide bonds. The second-order valence-electron chi connectivity index (χ2n) is 3.32. The predicted octanol–water partition coefficient (Wildman–Crippen LogP) is 2.01. The van der Waals surface area contributed by atoms with E-state index in [-0.39, 0.29) is 0 Å². The Morgan fingerprint density at radius 3 is 3.23 bits per heavy atom. The van der Waals surface area contributed by atoms with Gasteiger partial charge in [-0.2, -0.15) is 0 Å². The number of nitrogen functional groups attached to an aromatic ring is 1. The smallest absolute Gasteiger partial charge is 0.180 e. The van der Waals surface area contributed by atoms with E-state index in [9.17, 15) is 0 Å². The SMILES string of the molecule is CCC1OCCC1c1csc(N)n1. The molecule has 0 radical (unpaired) electrons. The van der Waals surface area contributed by atoms with E-state index in [4.69, 9.17) is 10.5 Å². The van der Waals surface area contributed by atoms with Crippen LogP contribution in [0.3, 0.4) is 0 Å². The molecule has 1 saturated heterocycles. The number of aromatic nitrogens is 1. The molecule has 0 aliphatic carbocycles. The Hall–Kier alpha value is -0.610. The summed E-state index contributed by atoms with van der Waals surface area (Å²) in [4.78, 5) is 4.31. The highest BCUT2D eigenvalue weighted by Gasteiger charge is 2.29. The van der Waals surface area contributed by atoms with Crippen molar-refractivity contribution < 1.29 is 4.74 Å². The molecule has 2 heterocycles. The molecule has 1 aliphatic rings. The van der Waals surface area contributed by atoms with E-state index in [0.29, 0.717) is 17.2 Å². The molecule has 72 valence electrons. The zero-order valence-corrected chi connectivity index (χ0v) is 8.51. The van der Waals surface area contributed by atoms with Gasteiger partial charge in [-0.05, 0) is 12.8 Å². The zero-order valence-electron chi connectivity index (χ0n) is 7.69. The van der Waals surface area contributed by atoms with E-state index >= 15 is 0 Å². The zero-order chi connectivity index (χ0) is 9.26. The van der Waals surface area contributed by atoms with Gasteiger partial charge in [0.15, 0.2) is 5.13 Å². The maximum absolute atomic E-state index is 5.60. The third-order valence-corrected chi connectivity index (χ3v) is 3.22. The minimum Gasteiger partial charge on any atom is -0.378 e. The van der Waals surface area contributed by atoms with Gasteiger partial charge in [-0.15, -0.1) is 11.3 Å². The van der Waals surface area contributed by atoms with Crippen molar-refractivity contribution in [2.75, 3.05) is 12.3 Å². The van der Waals surface area contributed by atoms with Gasteiger partial charge in [0.2, 0.25) is 0 Å².